The summed E-state index contributed by atoms with van der Waals surface area (Å²) >= 11 is 0. The number of rotatable bonds is 3. The molecule has 112 valence electrons. The van der Waals surface area contributed by atoms with Crippen LogP contribution < -0.4 is 4.90 Å². The number of anilines is 1. The smallest absolute Gasteiger partial charge is 0.128 e. The molecular weight excluding hydrogens is 262 g/mol. The molecule has 0 radical (unpaired) electrons. The lowest BCUT2D eigenvalue weighted by molar-refractivity contribution is 0.0676. The number of piperazine rings is 1. The predicted molar refractivity (Wildman–Crippen MR) is 83.2 cm³/mol. The van der Waals surface area contributed by atoms with Crippen LogP contribution in [0.4, 0.5) is 5.82 Å². The van der Waals surface area contributed by atoms with Gasteiger partial charge in [-0.15, -0.1) is 0 Å². The number of nitriles is 1. The Hall–Kier alpha value is -1.64. The van der Waals surface area contributed by atoms with E-state index in [0.717, 1.165) is 18.9 Å². The van der Waals surface area contributed by atoms with Crippen molar-refractivity contribution in [3.05, 3.63) is 23.9 Å². The van der Waals surface area contributed by atoms with Gasteiger partial charge in [0, 0.05) is 57.5 Å². The van der Waals surface area contributed by atoms with E-state index in [-0.39, 0.29) is 0 Å². The van der Waals surface area contributed by atoms with E-state index < -0.39 is 0 Å². The number of hydrogen-bond donors (Lipinski definition) is 0. The number of hydrogen-bond acceptors (Lipinski definition) is 5. The summed E-state index contributed by atoms with van der Waals surface area (Å²) in [5.41, 5.74) is 0.626. The molecule has 0 unspecified atom stereocenters. The molecule has 2 aliphatic heterocycles. The summed E-state index contributed by atoms with van der Waals surface area (Å²) in [5.74, 6) is 0.992. The van der Waals surface area contributed by atoms with E-state index in [9.17, 15) is 0 Å². The van der Waals surface area contributed by atoms with Crippen LogP contribution in [0, 0.1) is 11.3 Å². The van der Waals surface area contributed by atoms with Crippen molar-refractivity contribution >= 4 is 5.82 Å². The standard InChI is InChI=1S/C16H23N5/c1-13(2)19-5-7-20(8-6-19)15-11-21(12-15)16-4-3-14(9-17)10-18-16/h3-4,10,13,15H,5-8,11-12H2,1-2H3. The molecule has 5 nitrogen and oxygen atoms in total. The molecule has 0 N–H and O–H groups in total. The second-order valence-electron chi connectivity index (χ2n) is 6.24. The molecule has 2 fully saturated rings. The van der Waals surface area contributed by atoms with Crippen molar-refractivity contribution in [1.29, 1.82) is 5.26 Å². The molecule has 2 saturated heterocycles. The fourth-order valence-electron chi connectivity index (χ4n) is 3.13. The second kappa shape index (κ2) is 6.00. The van der Waals surface area contributed by atoms with E-state index in [0.29, 0.717) is 17.6 Å². The van der Waals surface area contributed by atoms with Gasteiger partial charge in [-0.25, -0.2) is 4.98 Å². The first-order valence-electron chi connectivity index (χ1n) is 7.76. The predicted octanol–water partition coefficient (Wildman–Crippen LogP) is 1.17. The molecular formula is C16H23N5. The van der Waals surface area contributed by atoms with Gasteiger partial charge >= 0.3 is 0 Å². The van der Waals surface area contributed by atoms with Gasteiger partial charge in [0.15, 0.2) is 0 Å². The van der Waals surface area contributed by atoms with Gasteiger partial charge < -0.3 is 4.90 Å². The van der Waals surface area contributed by atoms with E-state index in [4.69, 9.17) is 5.26 Å². The van der Waals surface area contributed by atoms with Crippen LogP contribution in [0.3, 0.4) is 0 Å². The largest absolute Gasteiger partial charge is 0.353 e. The zero-order valence-corrected chi connectivity index (χ0v) is 12.9. The second-order valence-corrected chi connectivity index (χ2v) is 6.24. The Kier molecular flexibility index (Phi) is 4.09. The van der Waals surface area contributed by atoms with Crippen LogP contribution in [0.5, 0.6) is 0 Å². The number of aromatic nitrogens is 1. The zero-order chi connectivity index (χ0) is 14.8. The summed E-state index contributed by atoms with van der Waals surface area (Å²) in [4.78, 5) is 11.8. The van der Waals surface area contributed by atoms with Crippen molar-refractivity contribution in [2.45, 2.75) is 25.9 Å². The monoisotopic (exact) mass is 285 g/mol. The van der Waals surface area contributed by atoms with Gasteiger partial charge in [-0.1, -0.05) is 0 Å². The molecule has 0 bridgehead atoms. The average molecular weight is 285 g/mol. The van der Waals surface area contributed by atoms with Crippen molar-refractivity contribution < 1.29 is 0 Å². The maximum absolute atomic E-state index is 8.80. The first-order chi connectivity index (χ1) is 10.2. The van der Waals surface area contributed by atoms with Crippen LogP contribution in [-0.4, -0.2) is 66.1 Å². The van der Waals surface area contributed by atoms with E-state index in [1.54, 1.807) is 6.20 Å². The van der Waals surface area contributed by atoms with Crippen LogP contribution in [-0.2, 0) is 0 Å². The Labute approximate surface area is 126 Å². The van der Waals surface area contributed by atoms with Gasteiger partial charge in [-0.2, -0.15) is 5.26 Å². The summed E-state index contributed by atoms with van der Waals surface area (Å²) in [6.45, 7) is 11.4. The highest BCUT2D eigenvalue weighted by Gasteiger charge is 2.34. The van der Waals surface area contributed by atoms with E-state index in [1.165, 1.54) is 26.2 Å². The summed E-state index contributed by atoms with van der Waals surface area (Å²) in [7, 11) is 0. The van der Waals surface area contributed by atoms with Crippen LogP contribution >= 0.6 is 0 Å². The lowest BCUT2D eigenvalue weighted by Crippen LogP contribution is -2.63. The van der Waals surface area contributed by atoms with Crippen molar-refractivity contribution in [3.8, 4) is 6.07 Å². The van der Waals surface area contributed by atoms with Gasteiger partial charge in [0.1, 0.15) is 11.9 Å². The van der Waals surface area contributed by atoms with Crippen LogP contribution in [0.1, 0.15) is 19.4 Å². The van der Waals surface area contributed by atoms with Crippen LogP contribution in [0.25, 0.3) is 0 Å². The fourth-order valence-corrected chi connectivity index (χ4v) is 3.13. The molecule has 0 aromatic carbocycles. The maximum Gasteiger partial charge on any atom is 0.128 e. The minimum atomic E-state index is 0.626. The molecule has 0 saturated carbocycles. The topological polar surface area (TPSA) is 46.4 Å². The highest BCUT2D eigenvalue weighted by atomic mass is 15.4. The Bertz CT molecular complexity index is 504. The summed E-state index contributed by atoms with van der Waals surface area (Å²) in [5, 5.41) is 8.80. The molecule has 1 aromatic rings. The van der Waals surface area contributed by atoms with Gasteiger partial charge in [0.05, 0.1) is 5.56 Å². The molecule has 1 aromatic heterocycles. The van der Waals surface area contributed by atoms with Crippen molar-refractivity contribution in [1.82, 2.24) is 14.8 Å². The van der Waals surface area contributed by atoms with Crippen molar-refractivity contribution in [2.75, 3.05) is 44.2 Å². The van der Waals surface area contributed by atoms with Gasteiger partial charge in [-0.05, 0) is 26.0 Å². The van der Waals surface area contributed by atoms with E-state index in [1.807, 2.05) is 12.1 Å². The summed E-state index contributed by atoms with van der Waals surface area (Å²) < 4.78 is 0. The summed E-state index contributed by atoms with van der Waals surface area (Å²) in [6, 6.07) is 7.23. The quantitative estimate of drug-likeness (QED) is 0.834. The average Bonchev–Trinajstić information content (AvgIpc) is 2.47. The van der Waals surface area contributed by atoms with Crippen LogP contribution in [0.15, 0.2) is 18.3 Å². The SMILES string of the molecule is CC(C)N1CCN(C2CN(c3ccc(C#N)cn3)C2)CC1. The Morgan fingerprint density at radius 2 is 1.90 bits per heavy atom. The number of pyridine rings is 1. The maximum atomic E-state index is 8.80. The van der Waals surface area contributed by atoms with E-state index in [2.05, 4.69) is 39.6 Å². The third-order valence-corrected chi connectivity index (χ3v) is 4.66. The molecule has 2 aliphatic rings. The molecule has 3 heterocycles. The zero-order valence-electron chi connectivity index (χ0n) is 12.9. The molecule has 0 spiro atoms. The molecule has 0 atom stereocenters. The first-order valence-corrected chi connectivity index (χ1v) is 7.76. The molecule has 5 heteroatoms. The third-order valence-electron chi connectivity index (χ3n) is 4.66. The highest BCUT2D eigenvalue weighted by molar-refractivity contribution is 5.45. The van der Waals surface area contributed by atoms with Gasteiger partial charge in [-0.3, -0.25) is 9.80 Å². The fraction of sp³-hybridized carbons (Fsp3) is 0.625. The normalized spacial score (nSPS) is 21.3. The molecule has 21 heavy (non-hydrogen) atoms. The highest BCUT2D eigenvalue weighted by Crippen LogP contribution is 2.23. The van der Waals surface area contributed by atoms with Gasteiger partial charge in [0.25, 0.3) is 0 Å². The minimum absolute atomic E-state index is 0.626. The lowest BCUT2D eigenvalue weighted by atomic mass is 10.1. The molecule has 0 aliphatic carbocycles. The summed E-state index contributed by atoms with van der Waals surface area (Å²) in [6.07, 6.45) is 1.66. The van der Waals surface area contributed by atoms with E-state index >= 15 is 0 Å². The lowest BCUT2D eigenvalue weighted by Gasteiger charge is -2.49. The van der Waals surface area contributed by atoms with Crippen LogP contribution in [0.2, 0.25) is 0 Å². The van der Waals surface area contributed by atoms with Crippen molar-refractivity contribution in [3.63, 3.8) is 0 Å². The minimum Gasteiger partial charge on any atom is -0.353 e. The van der Waals surface area contributed by atoms with Crippen molar-refractivity contribution in [2.24, 2.45) is 0 Å². The molecule has 3 rings (SSSR count). The Morgan fingerprint density at radius 1 is 1.19 bits per heavy atom. The number of nitrogens with zero attached hydrogens (tertiary/aromatic N) is 5. The Morgan fingerprint density at radius 3 is 2.43 bits per heavy atom. The van der Waals surface area contributed by atoms with Gasteiger partial charge in [0.2, 0.25) is 0 Å². The molecule has 0 amide bonds. The first kappa shape index (κ1) is 14.3. The Balaban J connectivity index is 1.49. The third kappa shape index (κ3) is 3.02.